The minimum absolute atomic E-state index is 0.000194. The number of pyridine rings is 1. The highest BCUT2D eigenvalue weighted by Crippen LogP contribution is 2.26. The molecule has 144 valence electrons. The number of carbonyl (C=O) groups excluding carboxylic acids is 2. The van der Waals surface area contributed by atoms with Crippen molar-refractivity contribution < 1.29 is 23.8 Å². The van der Waals surface area contributed by atoms with Crippen molar-refractivity contribution in [2.45, 2.75) is 12.0 Å². The second-order valence-electron chi connectivity index (χ2n) is 6.42. The van der Waals surface area contributed by atoms with Gasteiger partial charge in [0, 0.05) is 37.7 Å². The molecule has 1 aliphatic heterocycles. The summed E-state index contributed by atoms with van der Waals surface area (Å²) in [5, 5.41) is 10.4. The van der Waals surface area contributed by atoms with Crippen LogP contribution in [0.2, 0.25) is 0 Å². The summed E-state index contributed by atoms with van der Waals surface area (Å²) in [7, 11) is 3.00. The molecular formula is C20H18FN3O4. The first kappa shape index (κ1) is 19.3. The molecule has 0 radical (unpaired) electrons. The molecule has 1 aromatic heterocycles. The first-order valence-electron chi connectivity index (χ1n) is 8.40. The number of benzene rings is 1. The van der Waals surface area contributed by atoms with Crippen molar-refractivity contribution in [3.8, 4) is 28.8 Å². The van der Waals surface area contributed by atoms with Crippen LogP contribution in [-0.2, 0) is 4.79 Å². The van der Waals surface area contributed by atoms with Crippen LogP contribution in [0.25, 0.3) is 11.3 Å². The Morgan fingerprint density at radius 1 is 1.39 bits per heavy atom. The fourth-order valence-corrected chi connectivity index (χ4v) is 2.82. The maximum absolute atomic E-state index is 14.2. The van der Waals surface area contributed by atoms with E-state index in [2.05, 4.69) is 16.8 Å². The molecular weight excluding hydrogens is 365 g/mol. The number of likely N-dealkylation sites (N-methyl/N-ethyl adjacent to an activating group) is 1. The van der Waals surface area contributed by atoms with Crippen LogP contribution < -0.4 is 10.5 Å². The van der Waals surface area contributed by atoms with Gasteiger partial charge in [-0.25, -0.2) is 9.37 Å². The van der Waals surface area contributed by atoms with E-state index in [-0.39, 0.29) is 17.7 Å². The number of nitrogens with two attached hydrogens (primary N) is 1. The number of methoxy groups -OCH3 is 1. The summed E-state index contributed by atoms with van der Waals surface area (Å²) in [6, 6.07) is 7.04. The van der Waals surface area contributed by atoms with Gasteiger partial charge in [-0.3, -0.25) is 9.59 Å². The van der Waals surface area contributed by atoms with E-state index in [0.29, 0.717) is 23.6 Å². The average Bonchev–Trinajstić information content (AvgIpc) is 2.94. The summed E-state index contributed by atoms with van der Waals surface area (Å²) in [5.41, 5.74) is 4.25. The Morgan fingerprint density at radius 2 is 2.14 bits per heavy atom. The van der Waals surface area contributed by atoms with Gasteiger partial charge < -0.3 is 20.5 Å². The van der Waals surface area contributed by atoms with Gasteiger partial charge in [0.1, 0.15) is 17.3 Å². The third kappa shape index (κ3) is 3.66. The molecule has 28 heavy (non-hydrogen) atoms. The lowest BCUT2D eigenvalue weighted by molar-refractivity contribution is -0.137. The van der Waals surface area contributed by atoms with E-state index < -0.39 is 23.2 Å². The first-order chi connectivity index (χ1) is 13.2. The van der Waals surface area contributed by atoms with Crippen LogP contribution in [0, 0.1) is 17.7 Å². The van der Waals surface area contributed by atoms with Crippen molar-refractivity contribution in [3.63, 3.8) is 0 Å². The van der Waals surface area contributed by atoms with E-state index in [0.717, 1.165) is 0 Å². The number of amides is 2. The number of aliphatic hydroxyl groups is 1. The molecule has 1 aromatic carbocycles. The number of rotatable bonds is 3. The quantitative estimate of drug-likeness (QED) is 0.768. The normalized spacial score (nSPS) is 18.6. The van der Waals surface area contributed by atoms with Crippen molar-refractivity contribution in [2.24, 2.45) is 5.73 Å². The van der Waals surface area contributed by atoms with Gasteiger partial charge in [0.05, 0.1) is 18.4 Å². The van der Waals surface area contributed by atoms with Crippen LogP contribution in [0.5, 0.6) is 5.75 Å². The van der Waals surface area contributed by atoms with Crippen molar-refractivity contribution in [3.05, 3.63) is 47.4 Å². The van der Waals surface area contributed by atoms with E-state index in [1.165, 1.54) is 36.3 Å². The van der Waals surface area contributed by atoms with Gasteiger partial charge in [-0.15, -0.1) is 0 Å². The summed E-state index contributed by atoms with van der Waals surface area (Å²) in [4.78, 5) is 29.0. The van der Waals surface area contributed by atoms with Gasteiger partial charge in [0.15, 0.2) is 0 Å². The van der Waals surface area contributed by atoms with E-state index in [9.17, 15) is 19.1 Å². The summed E-state index contributed by atoms with van der Waals surface area (Å²) in [5.74, 6) is 3.54. The standard InChI is InChI=1S/C20H18FN3O4/c1-24-8-7-20(27,19(24)26)6-5-12-9-13(3-4-15(12)21)16-10-14(28-2)11-17(23-16)18(22)25/h3-4,9-11,27H,7-8H2,1-2H3,(H2,22,25). The molecule has 1 fully saturated rings. The Morgan fingerprint density at radius 3 is 2.75 bits per heavy atom. The zero-order chi connectivity index (χ0) is 20.5. The molecule has 0 saturated carbocycles. The minimum Gasteiger partial charge on any atom is -0.497 e. The molecule has 3 rings (SSSR count). The molecule has 2 amide bonds. The number of hydrogen-bond acceptors (Lipinski definition) is 5. The summed E-state index contributed by atoms with van der Waals surface area (Å²) < 4.78 is 19.4. The van der Waals surface area contributed by atoms with Crippen molar-refractivity contribution in [1.29, 1.82) is 0 Å². The van der Waals surface area contributed by atoms with Gasteiger partial charge in [0.25, 0.3) is 11.8 Å². The Labute approximate surface area is 160 Å². The van der Waals surface area contributed by atoms with E-state index in [4.69, 9.17) is 10.5 Å². The highest BCUT2D eigenvalue weighted by Gasteiger charge is 2.42. The Kier molecular flexibility index (Phi) is 5.03. The molecule has 0 bridgehead atoms. The van der Waals surface area contributed by atoms with Crippen LogP contribution in [0.4, 0.5) is 4.39 Å². The summed E-state index contributed by atoms with van der Waals surface area (Å²) >= 11 is 0. The fourth-order valence-electron chi connectivity index (χ4n) is 2.82. The number of nitrogens with zero attached hydrogens (tertiary/aromatic N) is 2. The Balaban J connectivity index is 2.02. The smallest absolute Gasteiger partial charge is 0.267 e. The van der Waals surface area contributed by atoms with E-state index in [1.54, 1.807) is 13.1 Å². The molecule has 0 aliphatic carbocycles. The van der Waals surface area contributed by atoms with Crippen LogP contribution in [0.1, 0.15) is 22.5 Å². The van der Waals surface area contributed by atoms with Crippen LogP contribution in [-0.4, -0.2) is 53.1 Å². The van der Waals surface area contributed by atoms with Gasteiger partial charge >= 0.3 is 0 Å². The van der Waals surface area contributed by atoms with E-state index in [1.807, 2.05) is 0 Å². The molecule has 1 aliphatic rings. The second-order valence-corrected chi connectivity index (χ2v) is 6.42. The molecule has 2 heterocycles. The largest absolute Gasteiger partial charge is 0.497 e. The third-order valence-electron chi connectivity index (χ3n) is 4.46. The number of hydrogen-bond donors (Lipinski definition) is 2. The average molecular weight is 383 g/mol. The van der Waals surface area contributed by atoms with Gasteiger partial charge in [0.2, 0.25) is 5.60 Å². The highest BCUT2D eigenvalue weighted by atomic mass is 19.1. The molecule has 0 spiro atoms. The lowest BCUT2D eigenvalue weighted by atomic mass is 10.0. The zero-order valence-electron chi connectivity index (χ0n) is 15.3. The van der Waals surface area contributed by atoms with Crippen molar-refractivity contribution in [1.82, 2.24) is 9.88 Å². The monoisotopic (exact) mass is 383 g/mol. The van der Waals surface area contributed by atoms with Crippen molar-refractivity contribution >= 4 is 11.8 Å². The van der Waals surface area contributed by atoms with E-state index >= 15 is 0 Å². The molecule has 1 unspecified atom stereocenters. The lowest BCUT2D eigenvalue weighted by Crippen LogP contribution is -2.37. The predicted octanol–water partition coefficient (Wildman–Crippen LogP) is 0.940. The topological polar surface area (TPSA) is 106 Å². The number of primary amides is 1. The molecule has 2 aromatic rings. The maximum atomic E-state index is 14.2. The molecule has 1 saturated heterocycles. The lowest BCUT2D eigenvalue weighted by Gasteiger charge is -2.13. The molecule has 1 atom stereocenters. The summed E-state index contributed by atoms with van der Waals surface area (Å²) in [6.45, 7) is 0.371. The van der Waals surface area contributed by atoms with Crippen LogP contribution in [0.3, 0.4) is 0 Å². The third-order valence-corrected chi connectivity index (χ3v) is 4.46. The molecule has 8 heteroatoms. The number of likely N-dealkylation sites (tertiary alicyclic amines) is 1. The number of aromatic nitrogens is 1. The first-order valence-corrected chi connectivity index (χ1v) is 8.40. The highest BCUT2D eigenvalue weighted by molar-refractivity contribution is 5.92. The van der Waals surface area contributed by atoms with Crippen LogP contribution >= 0.6 is 0 Å². The zero-order valence-corrected chi connectivity index (χ0v) is 15.3. The summed E-state index contributed by atoms with van der Waals surface area (Å²) in [6.07, 6.45) is 0.149. The number of ether oxygens (including phenoxy) is 1. The Hall–Kier alpha value is -3.44. The predicted molar refractivity (Wildman–Crippen MR) is 98.8 cm³/mol. The number of carbonyl (C=O) groups is 2. The van der Waals surface area contributed by atoms with Crippen molar-refractivity contribution in [2.75, 3.05) is 20.7 Å². The molecule has 7 nitrogen and oxygen atoms in total. The maximum Gasteiger partial charge on any atom is 0.267 e. The van der Waals surface area contributed by atoms with Crippen LogP contribution in [0.15, 0.2) is 30.3 Å². The SMILES string of the molecule is COc1cc(C(N)=O)nc(-c2ccc(F)c(C#CC3(O)CCN(C)C3=O)c2)c1. The minimum atomic E-state index is -1.83. The fraction of sp³-hybridized carbons (Fsp3) is 0.250. The second kappa shape index (κ2) is 7.29. The van der Waals surface area contributed by atoms with Gasteiger partial charge in [-0.2, -0.15) is 0 Å². The van der Waals surface area contributed by atoms with Gasteiger partial charge in [-0.05, 0) is 18.2 Å². The number of halogens is 1. The van der Waals surface area contributed by atoms with Gasteiger partial charge in [-0.1, -0.05) is 11.8 Å². The Bertz CT molecular complexity index is 1030. The molecule has 3 N–H and O–H groups in total.